The summed E-state index contributed by atoms with van der Waals surface area (Å²) >= 11 is 0. The van der Waals surface area contributed by atoms with E-state index < -0.39 is 11.0 Å². The number of aliphatic hydroxyl groups excluding tert-OH is 1. The predicted molar refractivity (Wildman–Crippen MR) is 69.0 cm³/mol. The van der Waals surface area contributed by atoms with Crippen molar-refractivity contribution in [1.29, 1.82) is 0 Å². The van der Waals surface area contributed by atoms with E-state index in [0.29, 0.717) is 30.8 Å². The number of carbonyl (C=O) groups excluding carboxylic acids is 1. The molecule has 1 fully saturated rings. The second-order valence-electron chi connectivity index (χ2n) is 4.58. The zero-order valence-electron chi connectivity index (χ0n) is 10.5. The Labute approximate surface area is 110 Å². The lowest BCUT2D eigenvalue weighted by molar-refractivity contribution is -0.384. The highest BCUT2D eigenvalue weighted by Crippen LogP contribution is 2.22. The van der Waals surface area contributed by atoms with Crippen LogP contribution in [-0.4, -0.2) is 40.2 Å². The minimum atomic E-state index is -0.477. The van der Waals surface area contributed by atoms with Crippen molar-refractivity contribution < 1.29 is 14.8 Å². The van der Waals surface area contributed by atoms with E-state index in [0.717, 1.165) is 0 Å². The van der Waals surface area contributed by atoms with Crippen molar-refractivity contribution in [3.8, 4) is 0 Å². The predicted octanol–water partition coefficient (Wildman–Crippen LogP) is 1.50. The summed E-state index contributed by atoms with van der Waals surface area (Å²) in [5.41, 5.74) is 1.16. The zero-order chi connectivity index (χ0) is 14.0. The van der Waals surface area contributed by atoms with Gasteiger partial charge in [-0.1, -0.05) is 0 Å². The fraction of sp³-hybridized carbons (Fsp3) is 0.417. The van der Waals surface area contributed by atoms with Gasteiger partial charge in [0, 0.05) is 30.9 Å². The SMILES string of the molecule is Cc1cc([N+](=O)[O-])ccc1NC(=O)N1CC[C@@H](O)C1. The molecule has 19 heavy (non-hydrogen) atoms. The number of amides is 2. The van der Waals surface area contributed by atoms with Gasteiger partial charge in [-0.15, -0.1) is 0 Å². The largest absolute Gasteiger partial charge is 0.391 e. The summed E-state index contributed by atoms with van der Waals surface area (Å²) < 4.78 is 0. The maximum atomic E-state index is 11.9. The number of benzene rings is 1. The van der Waals surface area contributed by atoms with Gasteiger partial charge in [-0.05, 0) is 25.0 Å². The number of urea groups is 1. The highest BCUT2D eigenvalue weighted by atomic mass is 16.6. The topological polar surface area (TPSA) is 95.7 Å². The lowest BCUT2D eigenvalue weighted by Gasteiger charge is -2.17. The first-order valence-electron chi connectivity index (χ1n) is 5.96. The van der Waals surface area contributed by atoms with Crippen molar-refractivity contribution in [1.82, 2.24) is 4.90 Å². The first-order chi connectivity index (χ1) is 8.97. The highest BCUT2D eigenvalue weighted by Gasteiger charge is 2.24. The van der Waals surface area contributed by atoms with Gasteiger partial charge in [0.05, 0.1) is 11.0 Å². The summed E-state index contributed by atoms with van der Waals surface area (Å²) in [5.74, 6) is 0. The molecule has 1 aromatic rings. The summed E-state index contributed by atoms with van der Waals surface area (Å²) in [5, 5.41) is 22.7. The number of β-amino-alcohol motifs (C(OH)–C–C–N with tert-alkyl or cyclic N) is 1. The number of nitro groups is 1. The number of anilines is 1. The van der Waals surface area contributed by atoms with Crippen LogP contribution in [0.4, 0.5) is 16.2 Å². The van der Waals surface area contributed by atoms with Crippen LogP contribution >= 0.6 is 0 Å². The number of aliphatic hydroxyl groups is 1. The molecule has 2 rings (SSSR count). The first-order valence-corrected chi connectivity index (χ1v) is 5.96. The first kappa shape index (κ1) is 13.3. The Morgan fingerprint density at radius 2 is 2.32 bits per heavy atom. The van der Waals surface area contributed by atoms with Gasteiger partial charge >= 0.3 is 6.03 Å². The maximum Gasteiger partial charge on any atom is 0.321 e. The van der Waals surface area contributed by atoms with E-state index in [1.165, 1.54) is 23.1 Å². The molecule has 0 spiro atoms. The molecule has 0 saturated carbocycles. The number of carbonyl (C=O) groups is 1. The molecule has 0 aliphatic carbocycles. The van der Waals surface area contributed by atoms with Gasteiger partial charge in [0.2, 0.25) is 0 Å². The van der Waals surface area contributed by atoms with Crippen molar-refractivity contribution in [3.63, 3.8) is 0 Å². The molecule has 7 heteroatoms. The van der Waals surface area contributed by atoms with Gasteiger partial charge in [0.25, 0.3) is 5.69 Å². The smallest absolute Gasteiger partial charge is 0.321 e. The molecule has 1 aliphatic heterocycles. The number of non-ortho nitro benzene ring substituents is 1. The summed E-state index contributed by atoms with van der Waals surface area (Å²) in [4.78, 5) is 23.6. The Kier molecular flexibility index (Phi) is 3.66. The molecule has 0 bridgehead atoms. The number of nitrogens with zero attached hydrogens (tertiary/aromatic N) is 2. The molecule has 1 aromatic carbocycles. The molecule has 0 radical (unpaired) electrons. The normalized spacial score (nSPS) is 18.4. The number of rotatable bonds is 2. The minimum absolute atomic E-state index is 0.00732. The van der Waals surface area contributed by atoms with E-state index in [4.69, 9.17) is 0 Å². The molecule has 1 atom stereocenters. The Hall–Kier alpha value is -2.15. The number of aryl methyl sites for hydroxylation is 1. The molecule has 0 unspecified atom stereocenters. The van der Waals surface area contributed by atoms with Gasteiger partial charge in [-0.3, -0.25) is 10.1 Å². The lowest BCUT2D eigenvalue weighted by atomic mass is 10.2. The number of nitrogens with one attached hydrogen (secondary N) is 1. The standard InChI is InChI=1S/C12H15N3O4/c1-8-6-9(15(18)19)2-3-11(8)13-12(17)14-5-4-10(16)7-14/h2-3,6,10,16H,4-5,7H2,1H3,(H,13,17)/t10-/m1/s1. The summed E-state index contributed by atoms with van der Waals surface area (Å²) in [7, 11) is 0. The second kappa shape index (κ2) is 5.23. The van der Waals surface area contributed by atoms with Crippen molar-refractivity contribution in [2.45, 2.75) is 19.4 Å². The van der Waals surface area contributed by atoms with Crippen LogP contribution in [0.15, 0.2) is 18.2 Å². The summed E-state index contributed by atoms with van der Waals surface area (Å²) in [6, 6.07) is 3.97. The molecular weight excluding hydrogens is 250 g/mol. The fourth-order valence-electron chi connectivity index (χ4n) is 2.02. The Morgan fingerprint density at radius 3 is 2.84 bits per heavy atom. The monoisotopic (exact) mass is 265 g/mol. The number of nitro benzene ring substituents is 1. The van der Waals surface area contributed by atoms with Gasteiger partial charge < -0.3 is 15.3 Å². The summed E-state index contributed by atoms with van der Waals surface area (Å²) in [6.07, 6.45) is 0.107. The van der Waals surface area contributed by atoms with Crippen LogP contribution in [0, 0.1) is 17.0 Å². The third-order valence-electron chi connectivity index (χ3n) is 3.11. The Morgan fingerprint density at radius 1 is 1.58 bits per heavy atom. The van der Waals surface area contributed by atoms with Crippen LogP contribution in [0.25, 0.3) is 0 Å². The third-order valence-corrected chi connectivity index (χ3v) is 3.11. The van der Waals surface area contributed by atoms with Crippen molar-refractivity contribution >= 4 is 17.4 Å². The lowest BCUT2D eigenvalue weighted by Crippen LogP contribution is -2.33. The Balaban J connectivity index is 2.07. The van der Waals surface area contributed by atoms with Crippen molar-refractivity contribution in [2.75, 3.05) is 18.4 Å². The molecule has 1 saturated heterocycles. The van der Waals surface area contributed by atoms with E-state index in [1.54, 1.807) is 6.92 Å². The van der Waals surface area contributed by atoms with E-state index in [1.807, 2.05) is 0 Å². The van der Waals surface area contributed by atoms with Crippen LogP contribution in [0.2, 0.25) is 0 Å². The van der Waals surface area contributed by atoms with Gasteiger partial charge in [0.15, 0.2) is 0 Å². The maximum absolute atomic E-state index is 11.9. The minimum Gasteiger partial charge on any atom is -0.391 e. The van der Waals surface area contributed by atoms with E-state index in [-0.39, 0.29) is 11.7 Å². The highest BCUT2D eigenvalue weighted by molar-refractivity contribution is 5.90. The van der Waals surface area contributed by atoms with Crippen LogP contribution in [0.3, 0.4) is 0 Å². The molecule has 0 aromatic heterocycles. The van der Waals surface area contributed by atoms with Crippen LogP contribution in [0.5, 0.6) is 0 Å². The van der Waals surface area contributed by atoms with Gasteiger partial charge in [0.1, 0.15) is 0 Å². The van der Waals surface area contributed by atoms with Crippen molar-refractivity contribution in [3.05, 3.63) is 33.9 Å². The number of hydrogen-bond acceptors (Lipinski definition) is 4. The molecule has 102 valence electrons. The van der Waals surface area contributed by atoms with Gasteiger partial charge in [-0.2, -0.15) is 0 Å². The molecule has 1 aliphatic rings. The average Bonchev–Trinajstić information content (AvgIpc) is 2.78. The van der Waals surface area contributed by atoms with E-state index >= 15 is 0 Å². The second-order valence-corrected chi connectivity index (χ2v) is 4.58. The van der Waals surface area contributed by atoms with Gasteiger partial charge in [-0.25, -0.2) is 4.79 Å². The van der Waals surface area contributed by atoms with Crippen LogP contribution < -0.4 is 5.32 Å². The van der Waals surface area contributed by atoms with Crippen LogP contribution in [-0.2, 0) is 0 Å². The average molecular weight is 265 g/mol. The summed E-state index contributed by atoms with van der Waals surface area (Å²) in [6.45, 7) is 2.53. The number of hydrogen-bond donors (Lipinski definition) is 2. The molecular formula is C12H15N3O4. The molecule has 2 amide bonds. The van der Waals surface area contributed by atoms with Crippen LogP contribution in [0.1, 0.15) is 12.0 Å². The third kappa shape index (κ3) is 3.00. The van der Waals surface area contributed by atoms with E-state index in [9.17, 15) is 20.0 Å². The fourth-order valence-corrected chi connectivity index (χ4v) is 2.02. The van der Waals surface area contributed by atoms with E-state index in [2.05, 4.69) is 5.32 Å². The zero-order valence-corrected chi connectivity index (χ0v) is 10.5. The number of likely N-dealkylation sites (tertiary alicyclic amines) is 1. The van der Waals surface area contributed by atoms with Crippen molar-refractivity contribution in [2.24, 2.45) is 0 Å². The molecule has 7 nitrogen and oxygen atoms in total. The molecule has 2 N–H and O–H groups in total. The Bertz CT molecular complexity index is 518. The quantitative estimate of drug-likeness (QED) is 0.625. The molecule has 1 heterocycles.